The van der Waals surface area contributed by atoms with Gasteiger partial charge < -0.3 is 4.98 Å². The minimum Gasteiger partial charge on any atom is -0.305 e. The summed E-state index contributed by atoms with van der Waals surface area (Å²) in [5, 5.41) is 0. The van der Waals surface area contributed by atoms with Gasteiger partial charge in [-0.2, -0.15) is 0 Å². The second-order valence-corrected chi connectivity index (χ2v) is 7.49. The summed E-state index contributed by atoms with van der Waals surface area (Å²) in [6.45, 7) is 0. The van der Waals surface area contributed by atoms with Crippen molar-refractivity contribution in [3.63, 3.8) is 0 Å². The van der Waals surface area contributed by atoms with Gasteiger partial charge in [-0.3, -0.25) is 4.79 Å². The molecule has 0 bridgehead atoms. The van der Waals surface area contributed by atoms with Gasteiger partial charge in [0.1, 0.15) is 3.57 Å². The number of aromatic nitrogens is 2. The van der Waals surface area contributed by atoms with E-state index in [0.717, 1.165) is 27.0 Å². The van der Waals surface area contributed by atoms with Gasteiger partial charge in [-0.1, -0.05) is 24.4 Å². The van der Waals surface area contributed by atoms with Gasteiger partial charge in [-0.15, -0.1) is 11.3 Å². The first-order valence-electron chi connectivity index (χ1n) is 6.20. The number of H-pyrrole nitrogens is 1. The molecule has 0 unspecified atom stereocenters. The average molecular weight is 407 g/mol. The van der Waals surface area contributed by atoms with Crippen LogP contribution >= 0.6 is 45.5 Å². The van der Waals surface area contributed by atoms with Crippen molar-refractivity contribution >= 4 is 45.5 Å². The average Bonchev–Trinajstić information content (AvgIpc) is 3.03. The van der Waals surface area contributed by atoms with Crippen LogP contribution in [0.3, 0.4) is 0 Å². The highest BCUT2D eigenvalue weighted by Gasteiger charge is 2.23. The van der Waals surface area contributed by atoms with E-state index >= 15 is 0 Å². The Labute approximate surface area is 133 Å². The first kappa shape index (κ1) is 13.6. The summed E-state index contributed by atoms with van der Waals surface area (Å²) < 4.78 is 1.44. The number of hydrogen-bond donors (Lipinski definition) is 1. The molecule has 1 saturated carbocycles. The molecule has 0 amide bonds. The zero-order chi connectivity index (χ0) is 13.4. The van der Waals surface area contributed by atoms with E-state index in [-0.39, 0.29) is 5.56 Å². The van der Waals surface area contributed by atoms with Crippen molar-refractivity contribution in [2.24, 2.45) is 0 Å². The monoisotopic (exact) mass is 406 g/mol. The number of rotatable bonds is 2. The Balaban J connectivity index is 2.09. The van der Waals surface area contributed by atoms with E-state index < -0.39 is 0 Å². The quantitative estimate of drug-likeness (QED) is 0.751. The van der Waals surface area contributed by atoms with Crippen molar-refractivity contribution in [2.75, 3.05) is 0 Å². The highest BCUT2D eigenvalue weighted by atomic mass is 127. The van der Waals surface area contributed by atoms with Crippen LogP contribution in [-0.2, 0) is 0 Å². The number of aromatic amines is 1. The number of hydrogen-bond acceptors (Lipinski definition) is 3. The maximum Gasteiger partial charge on any atom is 0.264 e. The Hall–Kier alpha value is -0.400. The van der Waals surface area contributed by atoms with Crippen LogP contribution in [0.5, 0.6) is 0 Å². The molecule has 3 rings (SSSR count). The molecule has 1 N–H and O–H groups in total. The fraction of sp³-hybridized carbons (Fsp3) is 0.385. The molecular weight excluding hydrogens is 395 g/mol. The lowest BCUT2D eigenvalue weighted by molar-refractivity contribution is 0.688. The zero-order valence-corrected chi connectivity index (χ0v) is 13.8. The van der Waals surface area contributed by atoms with E-state index in [4.69, 9.17) is 11.6 Å². The second kappa shape index (κ2) is 5.54. The molecule has 6 heteroatoms. The van der Waals surface area contributed by atoms with Crippen LogP contribution in [0, 0.1) is 3.57 Å². The van der Waals surface area contributed by atoms with E-state index in [1.807, 2.05) is 12.1 Å². The van der Waals surface area contributed by atoms with Gasteiger partial charge in [-0.25, -0.2) is 4.98 Å². The third-order valence-electron chi connectivity index (χ3n) is 3.44. The molecule has 0 radical (unpaired) electrons. The number of thiophene rings is 1. The standard InChI is InChI=1S/C13H12ClIN2OS/c14-9-6-5-8(19-9)12-16-11(7-3-1-2-4-7)10(15)13(18)17-12/h5-7H,1-4H2,(H,16,17,18). The van der Waals surface area contributed by atoms with Gasteiger partial charge in [0.2, 0.25) is 0 Å². The van der Waals surface area contributed by atoms with Crippen molar-refractivity contribution in [1.82, 2.24) is 9.97 Å². The van der Waals surface area contributed by atoms with Gasteiger partial charge in [0.05, 0.1) is 14.9 Å². The first-order valence-corrected chi connectivity index (χ1v) is 8.48. The Morgan fingerprint density at radius 3 is 2.74 bits per heavy atom. The molecule has 2 aromatic rings. The minimum atomic E-state index is -0.0444. The molecule has 1 fully saturated rings. The van der Waals surface area contributed by atoms with Crippen molar-refractivity contribution in [3.05, 3.63) is 36.1 Å². The maximum atomic E-state index is 12.1. The van der Waals surface area contributed by atoms with Gasteiger partial charge in [0, 0.05) is 5.92 Å². The zero-order valence-electron chi connectivity index (χ0n) is 10.1. The van der Waals surface area contributed by atoms with E-state index in [1.165, 1.54) is 24.2 Å². The summed E-state index contributed by atoms with van der Waals surface area (Å²) in [5.41, 5.74) is 0.915. The van der Waals surface area contributed by atoms with Gasteiger partial charge in [-0.05, 0) is 47.6 Å². The normalized spacial score (nSPS) is 16.1. The topological polar surface area (TPSA) is 45.8 Å². The van der Waals surface area contributed by atoms with Crippen molar-refractivity contribution < 1.29 is 0 Å². The molecule has 0 atom stereocenters. The molecule has 1 aliphatic rings. The molecule has 19 heavy (non-hydrogen) atoms. The summed E-state index contributed by atoms with van der Waals surface area (Å²) >= 11 is 9.49. The summed E-state index contributed by atoms with van der Waals surface area (Å²) in [5.74, 6) is 1.08. The van der Waals surface area contributed by atoms with E-state index in [9.17, 15) is 4.79 Å². The summed E-state index contributed by atoms with van der Waals surface area (Å²) in [6, 6.07) is 3.73. The van der Waals surface area contributed by atoms with E-state index in [1.54, 1.807) is 0 Å². The number of nitrogens with one attached hydrogen (secondary N) is 1. The Morgan fingerprint density at radius 2 is 2.11 bits per heavy atom. The Kier molecular flexibility index (Phi) is 3.96. The number of nitrogens with zero attached hydrogens (tertiary/aromatic N) is 1. The summed E-state index contributed by atoms with van der Waals surface area (Å²) in [4.78, 5) is 20.5. The molecule has 2 heterocycles. The molecule has 2 aromatic heterocycles. The highest BCUT2D eigenvalue weighted by Crippen LogP contribution is 2.35. The van der Waals surface area contributed by atoms with Crippen molar-refractivity contribution in [1.29, 1.82) is 0 Å². The van der Waals surface area contributed by atoms with Crippen LogP contribution in [0.25, 0.3) is 10.7 Å². The lowest BCUT2D eigenvalue weighted by atomic mass is 10.0. The smallest absolute Gasteiger partial charge is 0.264 e. The van der Waals surface area contributed by atoms with Gasteiger partial charge in [0.25, 0.3) is 5.56 Å². The highest BCUT2D eigenvalue weighted by molar-refractivity contribution is 14.1. The third kappa shape index (κ3) is 2.73. The number of halogens is 2. The van der Waals surface area contributed by atoms with Crippen molar-refractivity contribution in [3.8, 4) is 10.7 Å². The van der Waals surface area contributed by atoms with Crippen LogP contribution in [-0.4, -0.2) is 9.97 Å². The molecule has 1 aliphatic carbocycles. The Bertz CT molecular complexity index is 661. The van der Waals surface area contributed by atoms with Crippen LogP contribution in [0.1, 0.15) is 37.3 Å². The molecule has 0 spiro atoms. The largest absolute Gasteiger partial charge is 0.305 e. The molecule has 0 saturated heterocycles. The summed E-state index contributed by atoms with van der Waals surface area (Å²) in [7, 11) is 0. The van der Waals surface area contributed by atoms with Gasteiger partial charge in [0.15, 0.2) is 5.82 Å². The molecule has 0 aliphatic heterocycles. The van der Waals surface area contributed by atoms with Gasteiger partial charge >= 0.3 is 0 Å². The summed E-state index contributed by atoms with van der Waals surface area (Å²) in [6.07, 6.45) is 4.74. The van der Waals surface area contributed by atoms with Crippen LogP contribution in [0.4, 0.5) is 0 Å². The predicted octanol–water partition coefficient (Wildman–Crippen LogP) is 4.41. The lowest BCUT2D eigenvalue weighted by Gasteiger charge is -2.11. The fourth-order valence-corrected chi connectivity index (χ4v) is 4.19. The predicted molar refractivity (Wildman–Crippen MR) is 87.1 cm³/mol. The molecule has 100 valence electrons. The Morgan fingerprint density at radius 1 is 1.37 bits per heavy atom. The second-order valence-electron chi connectivity index (χ2n) is 4.70. The van der Waals surface area contributed by atoms with E-state index in [0.29, 0.717) is 16.1 Å². The lowest BCUT2D eigenvalue weighted by Crippen LogP contribution is -2.17. The van der Waals surface area contributed by atoms with Crippen LogP contribution < -0.4 is 5.56 Å². The fourth-order valence-electron chi connectivity index (χ4n) is 2.50. The SMILES string of the molecule is O=c1[nH]c(-c2ccc(Cl)s2)nc(C2CCCC2)c1I. The molecule has 0 aromatic carbocycles. The minimum absolute atomic E-state index is 0.0444. The van der Waals surface area contributed by atoms with Crippen LogP contribution in [0.2, 0.25) is 4.34 Å². The molecule has 3 nitrogen and oxygen atoms in total. The maximum absolute atomic E-state index is 12.1. The molecular formula is C13H12ClIN2OS. The van der Waals surface area contributed by atoms with Crippen LogP contribution in [0.15, 0.2) is 16.9 Å². The van der Waals surface area contributed by atoms with E-state index in [2.05, 4.69) is 32.6 Å². The third-order valence-corrected chi connectivity index (χ3v) is 5.72. The first-order chi connectivity index (χ1) is 9.15. The van der Waals surface area contributed by atoms with Crippen molar-refractivity contribution in [2.45, 2.75) is 31.6 Å².